The van der Waals surface area contributed by atoms with Crippen LogP contribution in [0.25, 0.3) is 0 Å². The van der Waals surface area contributed by atoms with Crippen LogP contribution in [-0.4, -0.2) is 32.6 Å². The van der Waals surface area contributed by atoms with Gasteiger partial charge in [0.2, 0.25) is 0 Å². The molecule has 8 heteroatoms. The molecule has 0 fully saturated rings. The average Bonchev–Trinajstić information content (AvgIpc) is 2.69. The van der Waals surface area contributed by atoms with Gasteiger partial charge in [0, 0.05) is 13.1 Å². The quantitative estimate of drug-likeness (QED) is 0.305. The summed E-state index contributed by atoms with van der Waals surface area (Å²) in [6, 6.07) is 14.8. The van der Waals surface area contributed by atoms with Crippen molar-refractivity contribution in [3.8, 4) is 11.5 Å². The topological polar surface area (TPSA) is 54.9 Å². The Hall–Kier alpha value is -2.10. The monoisotopic (exact) mass is 505 g/mol. The number of benzene rings is 2. The molecule has 0 atom stereocenters. The van der Waals surface area contributed by atoms with Crippen LogP contribution in [0.4, 0.5) is 8.78 Å². The third kappa shape index (κ3) is 8.73. The van der Waals surface area contributed by atoms with Gasteiger partial charge in [0.15, 0.2) is 5.96 Å². The molecule has 0 aliphatic heterocycles. The van der Waals surface area contributed by atoms with Crippen molar-refractivity contribution < 1.29 is 18.3 Å². The van der Waals surface area contributed by atoms with Crippen molar-refractivity contribution in [2.45, 2.75) is 26.4 Å². The van der Waals surface area contributed by atoms with Crippen LogP contribution in [0, 0.1) is 0 Å². The molecule has 0 heterocycles. The van der Waals surface area contributed by atoms with Gasteiger partial charge in [-0.25, -0.2) is 13.8 Å². The number of halogens is 3. The highest BCUT2D eigenvalue weighted by Crippen LogP contribution is 2.15. The molecule has 2 N–H and O–H groups in total. The molecule has 0 bridgehead atoms. The number of nitrogens with zero attached hydrogens (tertiary/aromatic N) is 1. The van der Waals surface area contributed by atoms with Gasteiger partial charge in [-0.1, -0.05) is 24.3 Å². The molecule has 0 amide bonds. The lowest BCUT2D eigenvalue weighted by molar-refractivity contribution is 0.0818. The van der Waals surface area contributed by atoms with Gasteiger partial charge in [-0.3, -0.25) is 0 Å². The summed E-state index contributed by atoms with van der Waals surface area (Å²) in [6.07, 6.45) is -2.49. The van der Waals surface area contributed by atoms with Crippen LogP contribution in [-0.2, 0) is 13.1 Å². The minimum atomic E-state index is -2.49. The Morgan fingerprint density at radius 1 is 1.04 bits per heavy atom. The number of hydrogen-bond donors (Lipinski definition) is 2. The van der Waals surface area contributed by atoms with Crippen LogP contribution in [0.3, 0.4) is 0 Å². The highest BCUT2D eigenvalue weighted by molar-refractivity contribution is 14.0. The fourth-order valence-electron chi connectivity index (χ4n) is 2.37. The van der Waals surface area contributed by atoms with E-state index in [2.05, 4.69) is 15.6 Å². The van der Waals surface area contributed by atoms with Crippen molar-refractivity contribution in [1.82, 2.24) is 10.6 Å². The second kappa shape index (κ2) is 13.1. The molecular weight excluding hydrogens is 479 g/mol. The number of ether oxygens (including phenoxy) is 2. The van der Waals surface area contributed by atoms with Crippen molar-refractivity contribution in [2.24, 2.45) is 4.99 Å². The molecule has 0 aliphatic rings. The minimum Gasteiger partial charge on any atom is -0.497 e. The maximum absolute atomic E-state index is 12.3. The largest absolute Gasteiger partial charge is 0.497 e. The molecule has 28 heavy (non-hydrogen) atoms. The highest BCUT2D eigenvalue weighted by atomic mass is 127. The van der Waals surface area contributed by atoms with E-state index in [1.165, 1.54) is 0 Å². The molecule has 0 unspecified atom stereocenters. The maximum Gasteiger partial charge on any atom is 0.272 e. The van der Waals surface area contributed by atoms with Crippen LogP contribution in [0.2, 0.25) is 0 Å². The predicted molar refractivity (Wildman–Crippen MR) is 118 cm³/mol. The van der Waals surface area contributed by atoms with Crippen LogP contribution < -0.4 is 20.1 Å². The van der Waals surface area contributed by atoms with Crippen molar-refractivity contribution in [3.63, 3.8) is 0 Å². The third-order valence-corrected chi connectivity index (χ3v) is 3.63. The highest BCUT2D eigenvalue weighted by Gasteiger charge is 2.04. The first-order valence-electron chi connectivity index (χ1n) is 8.75. The van der Waals surface area contributed by atoms with Crippen LogP contribution >= 0.6 is 24.0 Å². The summed E-state index contributed by atoms with van der Waals surface area (Å²) in [5.41, 5.74) is 1.95. The molecule has 2 aromatic rings. The summed E-state index contributed by atoms with van der Waals surface area (Å²) >= 11 is 0. The van der Waals surface area contributed by atoms with Gasteiger partial charge >= 0.3 is 0 Å². The molecule has 0 saturated heterocycles. The zero-order valence-corrected chi connectivity index (χ0v) is 18.3. The zero-order chi connectivity index (χ0) is 19.5. The van der Waals surface area contributed by atoms with Crippen molar-refractivity contribution in [1.29, 1.82) is 0 Å². The van der Waals surface area contributed by atoms with Crippen molar-refractivity contribution >= 4 is 29.9 Å². The molecule has 0 saturated carbocycles. The second-order valence-electron chi connectivity index (χ2n) is 5.75. The molecule has 2 aromatic carbocycles. The Labute approximate surface area is 181 Å². The number of aliphatic imine (C=N–C) groups is 1. The molecule has 0 spiro atoms. The smallest absolute Gasteiger partial charge is 0.272 e. The van der Waals surface area contributed by atoms with Crippen LogP contribution in [0.1, 0.15) is 18.1 Å². The molecule has 0 radical (unpaired) electrons. The maximum atomic E-state index is 12.3. The van der Waals surface area contributed by atoms with E-state index < -0.39 is 13.0 Å². The average molecular weight is 505 g/mol. The first kappa shape index (κ1) is 23.9. The van der Waals surface area contributed by atoms with Gasteiger partial charge in [0.25, 0.3) is 6.43 Å². The summed E-state index contributed by atoms with van der Waals surface area (Å²) in [6.45, 7) is 3.10. The molecule has 0 aromatic heterocycles. The summed E-state index contributed by atoms with van der Waals surface area (Å²) in [5, 5.41) is 6.45. The first-order chi connectivity index (χ1) is 13.1. The Bertz CT molecular complexity index is 745. The molecule has 5 nitrogen and oxygen atoms in total. The number of guanidine groups is 1. The third-order valence-electron chi connectivity index (χ3n) is 3.63. The van der Waals surface area contributed by atoms with Crippen molar-refractivity contribution in [3.05, 3.63) is 59.7 Å². The summed E-state index contributed by atoms with van der Waals surface area (Å²) < 4.78 is 34.8. The van der Waals surface area contributed by atoms with E-state index in [0.29, 0.717) is 24.8 Å². The Morgan fingerprint density at radius 3 is 2.39 bits per heavy atom. The lowest BCUT2D eigenvalue weighted by Gasteiger charge is -2.12. The van der Waals surface area contributed by atoms with Crippen molar-refractivity contribution in [2.75, 3.05) is 20.3 Å². The summed E-state index contributed by atoms with van der Waals surface area (Å²) in [7, 11) is 1.64. The van der Waals surface area contributed by atoms with E-state index in [1.807, 2.05) is 37.3 Å². The van der Waals surface area contributed by atoms with Gasteiger partial charge in [0.05, 0.1) is 13.7 Å². The van der Waals surface area contributed by atoms with E-state index in [9.17, 15) is 8.78 Å². The number of nitrogens with one attached hydrogen (secondary N) is 2. The van der Waals surface area contributed by atoms with Gasteiger partial charge < -0.3 is 20.1 Å². The number of alkyl halides is 2. The fraction of sp³-hybridized carbons (Fsp3) is 0.350. The molecule has 154 valence electrons. The van der Waals surface area contributed by atoms with E-state index in [-0.39, 0.29) is 24.0 Å². The second-order valence-corrected chi connectivity index (χ2v) is 5.75. The van der Waals surface area contributed by atoms with Gasteiger partial charge in [-0.2, -0.15) is 0 Å². The van der Waals surface area contributed by atoms with E-state index in [0.717, 1.165) is 23.4 Å². The van der Waals surface area contributed by atoms with Gasteiger partial charge in [0.1, 0.15) is 18.1 Å². The summed E-state index contributed by atoms with van der Waals surface area (Å²) in [5.74, 6) is 1.88. The Morgan fingerprint density at radius 2 is 1.71 bits per heavy atom. The minimum absolute atomic E-state index is 0. The Balaban J connectivity index is 0.00000392. The molecule has 0 aliphatic carbocycles. The number of methoxy groups -OCH3 is 1. The fourth-order valence-corrected chi connectivity index (χ4v) is 2.37. The van der Waals surface area contributed by atoms with Gasteiger partial charge in [-0.05, 0) is 42.3 Å². The van der Waals surface area contributed by atoms with Crippen LogP contribution in [0.15, 0.2) is 53.5 Å². The zero-order valence-electron chi connectivity index (χ0n) is 16.0. The lowest BCUT2D eigenvalue weighted by Crippen LogP contribution is -2.36. The molecule has 2 rings (SSSR count). The van der Waals surface area contributed by atoms with E-state index in [1.54, 1.807) is 25.3 Å². The lowest BCUT2D eigenvalue weighted by atomic mass is 10.2. The standard InChI is InChI=1S/C20H25F2N3O2.HI/c1-3-23-20(24-12-15-6-4-8-17(10-15)26-2)25-13-16-7-5-9-18(11-16)27-14-19(21)22;/h4-11,19H,3,12-14H2,1-2H3,(H2,23,24,25);1H. The predicted octanol–water partition coefficient (Wildman–Crippen LogP) is 4.21. The van der Waals surface area contributed by atoms with Gasteiger partial charge in [-0.15, -0.1) is 24.0 Å². The first-order valence-corrected chi connectivity index (χ1v) is 8.75. The summed E-state index contributed by atoms with van der Waals surface area (Å²) in [4.78, 5) is 4.54. The normalized spacial score (nSPS) is 11.0. The Kier molecular flexibility index (Phi) is 11.2. The SMILES string of the molecule is CCNC(=NCc1cccc(OCC(F)F)c1)NCc1cccc(OC)c1.I. The van der Waals surface area contributed by atoms with Crippen LogP contribution in [0.5, 0.6) is 11.5 Å². The van der Waals surface area contributed by atoms with E-state index in [4.69, 9.17) is 9.47 Å². The number of rotatable bonds is 9. The molecular formula is C20H26F2IN3O2. The number of hydrogen-bond acceptors (Lipinski definition) is 3. The van der Waals surface area contributed by atoms with E-state index >= 15 is 0 Å².